The third-order valence-electron chi connectivity index (χ3n) is 2.48. The number of aliphatic hydroxyl groups is 3. The number of nitrogens with zero attached hydrogens (tertiary/aromatic N) is 1. The SMILES string of the molecule is O=c1ccn(O[C@H]2[C@H](O)[C@H](O)CO[C@@H]2O)c(=O)[nH]1. The molecule has 0 bridgehead atoms. The molecular formula is C9H12N2O7. The predicted octanol–water partition coefficient (Wildman–Crippen LogP) is -3.60. The standard InChI is InChI=1S/C9H12N2O7/c12-4-3-17-8(15)7(6(4)14)18-11-2-1-5(13)10-9(11)16/h1-2,4,6-8,12,14-15H,3H2,(H,10,13,16)/t4-,6-,7+,8+/m1/s1. The fourth-order valence-electron chi connectivity index (χ4n) is 1.51. The number of aliphatic hydroxyl groups excluding tert-OH is 3. The van der Waals surface area contributed by atoms with Crippen LogP contribution in [-0.2, 0) is 4.74 Å². The van der Waals surface area contributed by atoms with Gasteiger partial charge in [0.15, 0.2) is 6.29 Å². The molecule has 9 nitrogen and oxygen atoms in total. The van der Waals surface area contributed by atoms with Crippen LogP contribution in [-0.4, -0.2) is 56.2 Å². The van der Waals surface area contributed by atoms with Crippen molar-refractivity contribution < 1.29 is 24.9 Å². The minimum Gasteiger partial charge on any atom is -0.398 e. The zero-order chi connectivity index (χ0) is 13.3. The van der Waals surface area contributed by atoms with E-state index in [2.05, 4.69) is 0 Å². The Kier molecular flexibility index (Phi) is 3.48. The lowest BCUT2D eigenvalue weighted by atomic mass is 10.1. The van der Waals surface area contributed by atoms with Crippen LogP contribution < -0.4 is 16.1 Å². The van der Waals surface area contributed by atoms with Gasteiger partial charge < -0.3 is 24.9 Å². The average molecular weight is 260 g/mol. The van der Waals surface area contributed by atoms with Crippen molar-refractivity contribution in [3.05, 3.63) is 33.1 Å². The van der Waals surface area contributed by atoms with Crippen molar-refractivity contribution in [3.8, 4) is 0 Å². The second-order valence-corrected chi connectivity index (χ2v) is 3.79. The largest absolute Gasteiger partial charge is 0.398 e. The van der Waals surface area contributed by atoms with Gasteiger partial charge in [-0.05, 0) is 0 Å². The summed E-state index contributed by atoms with van der Waals surface area (Å²) in [7, 11) is 0. The molecular weight excluding hydrogens is 248 g/mol. The van der Waals surface area contributed by atoms with Crippen molar-refractivity contribution in [2.45, 2.75) is 24.6 Å². The van der Waals surface area contributed by atoms with Gasteiger partial charge in [0, 0.05) is 6.07 Å². The van der Waals surface area contributed by atoms with E-state index in [1.807, 2.05) is 4.98 Å². The molecule has 1 aromatic rings. The van der Waals surface area contributed by atoms with Crippen LogP contribution >= 0.6 is 0 Å². The van der Waals surface area contributed by atoms with E-state index in [0.717, 1.165) is 12.3 Å². The fraction of sp³-hybridized carbons (Fsp3) is 0.556. The first-order valence-electron chi connectivity index (χ1n) is 5.14. The van der Waals surface area contributed by atoms with Crippen LogP contribution in [0.1, 0.15) is 0 Å². The van der Waals surface area contributed by atoms with E-state index in [0.29, 0.717) is 4.73 Å². The maximum Gasteiger partial charge on any atom is 0.361 e. The molecule has 100 valence electrons. The van der Waals surface area contributed by atoms with Crippen LogP contribution in [0.15, 0.2) is 21.9 Å². The molecule has 0 aromatic carbocycles. The molecule has 0 radical (unpaired) electrons. The molecule has 0 unspecified atom stereocenters. The molecule has 0 aliphatic carbocycles. The number of H-pyrrole nitrogens is 1. The second-order valence-electron chi connectivity index (χ2n) is 3.79. The van der Waals surface area contributed by atoms with Crippen molar-refractivity contribution in [2.75, 3.05) is 6.61 Å². The zero-order valence-corrected chi connectivity index (χ0v) is 9.09. The molecule has 1 aromatic heterocycles. The lowest BCUT2D eigenvalue weighted by Gasteiger charge is -2.34. The monoisotopic (exact) mass is 260 g/mol. The Morgan fingerprint density at radius 2 is 2.11 bits per heavy atom. The van der Waals surface area contributed by atoms with Gasteiger partial charge in [0.1, 0.15) is 12.2 Å². The minimum atomic E-state index is -1.50. The molecule has 0 spiro atoms. The molecule has 4 atom stereocenters. The summed E-state index contributed by atoms with van der Waals surface area (Å²) in [4.78, 5) is 29.1. The van der Waals surface area contributed by atoms with E-state index in [9.17, 15) is 24.9 Å². The highest BCUT2D eigenvalue weighted by molar-refractivity contribution is 4.85. The van der Waals surface area contributed by atoms with E-state index >= 15 is 0 Å². The molecule has 1 saturated heterocycles. The molecule has 18 heavy (non-hydrogen) atoms. The van der Waals surface area contributed by atoms with Gasteiger partial charge in [0.25, 0.3) is 5.56 Å². The molecule has 9 heteroatoms. The number of rotatable bonds is 2. The van der Waals surface area contributed by atoms with E-state index in [1.54, 1.807) is 0 Å². The van der Waals surface area contributed by atoms with Crippen molar-refractivity contribution in [3.63, 3.8) is 0 Å². The molecule has 1 aliphatic rings. The van der Waals surface area contributed by atoms with Crippen LogP contribution in [0.2, 0.25) is 0 Å². The Morgan fingerprint density at radius 1 is 1.39 bits per heavy atom. The first-order valence-corrected chi connectivity index (χ1v) is 5.14. The van der Waals surface area contributed by atoms with Gasteiger partial charge in [-0.3, -0.25) is 9.78 Å². The van der Waals surface area contributed by atoms with Gasteiger partial charge >= 0.3 is 5.69 Å². The zero-order valence-electron chi connectivity index (χ0n) is 9.09. The lowest BCUT2D eigenvalue weighted by Crippen LogP contribution is -2.58. The van der Waals surface area contributed by atoms with E-state index < -0.39 is 35.9 Å². The van der Waals surface area contributed by atoms with Crippen molar-refractivity contribution in [2.24, 2.45) is 0 Å². The van der Waals surface area contributed by atoms with E-state index in [1.165, 1.54) is 0 Å². The van der Waals surface area contributed by atoms with Gasteiger partial charge in [-0.15, -0.1) is 4.73 Å². The first kappa shape index (κ1) is 12.8. The fourth-order valence-corrected chi connectivity index (χ4v) is 1.51. The van der Waals surface area contributed by atoms with E-state index in [-0.39, 0.29) is 6.61 Å². The number of ether oxygens (including phenoxy) is 1. The Hall–Kier alpha value is -1.68. The Labute approximate surface area is 99.8 Å². The molecule has 1 aliphatic heterocycles. The predicted molar refractivity (Wildman–Crippen MR) is 55.7 cm³/mol. The summed E-state index contributed by atoms with van der Waals surface area (Å²) >= 11 is 0. The molecule has 0 saturated carbocycles. The third-order valence-corrected chi connectivity index (χ3v) is 2.48. The van der Waals surface area contributed by atoms with Crippen LogP contribution in [0.4, 0.5) is 0 Å². The van der Waals surface area contributed by atoms with Crippen LogP contribution in [0, 0.1) is 0 Å². The number of nitrogens with one attached hydrogen (secondary N) is 1. The van der Waals surface area contributed by atoms with Gasteiger partial charge in [0.05, 0.1) is 12.8 Å². The van der Waals surface area contributed by atoms with Crippen molar-refractivity contribution in [1.82, 2.24) is 9.71 Å². The Balaban J connectivity index is 2.21. The summed E-state index contributed by atoms with van der Waals surface area (Å²) < 4.78 is 5.37. The maximum atomic E-state index is 11.3. The summed E-state index contributed by atoms with van der Waals surface area (Å²) in [6, 6.07) is 1.03. The normalized spacial score (nSPS) is 32.2. The Morgan fingerprint density at radius 3 is 2.78 bits per heavy atom. The van der Waals surface area contributed by atoms with Gasteiger partial charge in [-0.2, -0.15) is 0 Å². The number of hydrogen-bond acceptors (Lipinski definition) is 7. The van der Waals surface area contributed by atoms with Crippen molar-refractivity contribution >= 4 is 0 Å². The summed E-state index contributed by atoms with van der Waals surface area (Å²) in [6.45, 7) is -0.247. The highest BCUT2D eigenvalue weighted by Crippen LogP contribution is 2.14. The second kappa shape index (κ2) is 4.90. The minimum absolute atomic E-state index is 0.247. The summed E-state index contributed by atoms with van der Waals surface area (Å²) in [6.07, 6.45) is -4.48. The third kappa shape index (κ3) is 2.43. The first-order chi connectivity index (χ1) is 8.49. The van der Waals surface area contributed by atoms with Gasteiger partial charge in [-0.25, -0.2) is 4.79 Å². The molecule has 0 amide bonds. The van der Waals surface area contributed by atoms with Crippen LogP contribution in [0.25, 0.3) is 0 Å². The quantitative estimate of drug-likeness (QED) is 0.431. The van der Waals surface area contributed by atoms with Crippen molar-refractivity contribution in [1.29, 1.82) is 0 Å². The molecule has 1 fully saturated rings. The van der Waals surface area contributed by atoms with Crippen LogP contribution in [0.5, 0.6) is 0 Å². The smallest absolute Gasteiger partial charge is 0.361 e. The maximum absolute atomic E-state index is 11.3. The number of aromatic nitrogens is 2. The molecule has 4 N–H and O–H groups in total. The average Bonchev–Trinajstić information content (AvgIpc) is 2.32. The summed E-state index contributed by atoms with van der Waals surface area (Å²) in [5.74, 6) is 0. The molecule has 2 rings (SSSR count). The van der Waals surface area contributed by atoms with Crippen LogP contribution in [0.3, 0.4) is 0 Å². The Bertz CT molecular complexity index is 524. The lowest BCUT2D eigenvalue weighted by molar-refractivity contribution is -0.265. The molecule has 2 heterocycles. The highest BCUT2D eigenvalue weighted by atomic mass is 16.7. The summed E-state index contributed by atoms with van der Waals surface area (Å²) in [5.41, 5.74) is -1.48. The van der Waals surface area contributed by atoms with Gasteiger partial charge in [-0.1, -0.05) is 0 Å². The highest BCUT2D eigenvalue weighted by Gasteiger charge is 2.40. The number of hydrogen-bond donors (Lipinski definition) is 4. The van der Waals surface area contributed by atoms with Gasteiger partial charge in [0.2, 0.25) is 6.10 Å². The van der Waals surface area contributed by atoms with E-state index in [4.69, 9.17) is 9.57 Å². The topological polar surface area (TPSA) is 134 Å². The number of aromatic amines is 1. The summed E-state index contributed by atoms with van der Waals surface area (Å²) in [5, 5.41) is 28.4.